The largest absolute Gasteiger partial charge is 0.480 e. The molecule has 0 saturated heterocycles. The topological polar surface area (TPSA) is 40.5 Å². The van der Waals surface area contributed by atoms with Crippen molar-refractivity contribution in [2.75, 3.05) is 14.1 Å². The van der Waals surface area contributed by atoms with Crippen molar-refractivity contribution in [3.8, 4) is 0 Å². The molecule has 3 nitrogen and oxygen atoms in total. The van der Waals surface area contributed by atoms with Crippen LogP contribution in [0.4, 0.5) is 0 Å². The average Bonchev–Trinajstić information content (AvgIpc) is 2.18. The fourth-order valence-corrected chi connectivity index (χ4v) is 1.55. The van der Waals surface area contributed by atoms with Gasteiger partial charge in [0.1, 0.15) is 6.04 Å². The van der Waals surface area contributed by atoms with Gasteiger partial charge in [0, 0.05) is 0 Å². The summed E-state index contributed by atoms with van der Waals surface area (Å²) < 4.78 is 0. The Bertz CT molecular complexity index is 309. The van der Waals surface area contributed by atoms with E-state index in [1.807, 2.05) is 30.3 Å². The van der Waals surface area contributed by atoms with Crippen LogP contribution in [-0.2, 0) is 11.2 Å². The van der Waals surface area contributed by atoms with Crippen LogP contribution in [0.25, 0.3) is 0 Å². The van der Waals surface area contributed by atoms with Crippen LogP contribution in [0, 0.1) is 0 Å². The summed E-state index contributed by atoms with van der Waals surface area (Å²) in [7, 11) is 3.59. The molecule has 1 atom stereocenters. The molecular formula is C12H17NO2. The van der Waals surface area contributed by atoms with E-state index in [2.05, 4.69) is 0 Å². The number of carboxylic acids is 1. The van der Waals surface area contributed by atoms with Crippen LogP contribution in [0.2, 0.25) is 0 Å². The second-order valence-corrected chi connectivity index (χ2v) is 3.84. The average molecular weight is 207 g/mol. The van der Waals surface area contributed by atoms with Crippen LogP contribution in [0.5, 0.6) is 0 Å². The van der Waals surface area contributed by atoms with Crippen molar-refractivity contribution in [2.24, 2.45) is 0 Å². The zero-order valence-electron chi connectivity index (χ0n) is 9.18. The Hall–Kier alpha value is -1.35. The number of nitrogens with zero attached hydrogens (tertiary/aromatic N) is 1. The molecule has 0 bridgehead atoms. The molecule has 0 heterocycles. The van der Waals surface area contributed by atoms with E-state index in [0.717, 1.165) is 6.42 Å². The highest BCUT2D eigenvalue weighted by Crippen LogP contribution is 2.08. The number of likely N-dealkylation sites (N-methyl/N-ethyl adjacent to an activating group) is 1. The van der Waals surface area contributed by atoms with E-state index >= 15 is 0 Å². The van der Waals surface area contributed by atoms with Gasteiger partial charge >= 0.3 is 5.97 Å². The Morgan fingerprint density at radius 3 is 2.40 bits per heavy atom. The Labute approximate surface area is 90.3 Å². The molecule has 0 unspecified atom stereocenters. The first kappa shape index (κ1) is 11.7. The molecule has 82 valence electrons. The quantitative estimate of drug-likeness (QED) is 0.797. The maximum absolute atomic E-state index is 10.9. The van der Waals surface area contributed by atoms with Crippen LogP contribution >= 0.6 is 0 Å². The number of aliphatic carboxylic acids is 1. The van der Waals surface area contributed by atoms with Gasteiger partial charge in [0.05, 0.1) is 0 Å². The van der Waals surface area contributed by atoms with Crippen LogP contribution in [0.1, 0.15) is 12.0 Å². The zero-order chi connectivity index (χ0) is 11.3. The molecular weight excluding hydrogens is 190 g/mol. The smallest absolute Gasteiger partial charge is 0.320 e. The first-order valence-electron chi connectivity index (χ1n) is 5.04. The van der Waals surface area contributed by atoms with Crippen LogP contribution in [-0.4, -0.2) is 36.1 Å². The molecule has 0 aromatic heterocycles. The predicted octanol–water partition coefficient (Wildman–Crippen LogP) is 1.63. The van der Waals surface area contributed by atoms with Crippen LogP contribution in [0.3, 0.4) is 0 Å². The van der Waals surface area contributed by atoms with E-state index in [-0.39, 0.29) is 0 Å². The van der Waals surface area contributed by atoms with Crippen molar-refractivity contribution in [1.29, 1.82) is 0 Å². The summed E-state index contributed by atoms with van der Waals surface area (Å²) in [4.78, 5) is 12.7. The minimum absolute atomic E-state index is 0.398. The van der Waals surface area contributed by atoms with Gasteiger partial charge in [0.15, 0.2) is 0 Å². The number of carbonyl (C=O) groups is 1. The third-order valence-electron chi connectivity index (χ3n) is 2.46. The lowest BCUT2D eigenvalue weighted by Gasteiger charge is -2.19. The summed E-state index contributed by atoms with van der Waals surface area (Å²) >= 11 is 0. The van der Waals surface area contributed by atoms with Crippen molar-refractivity contribution in [1.82, 2.24) is 4.90 Å². The molecule has 15 heavy (non-hydrogen) atoms. The monoisotopic (exact) mass is 207 g/mol. The number of rotatable bonds is 5. The molecule has 0 aliphatic carbocycles. The number of hydrogen-bond donors (Lipinski definition) is 1. The molecule has 0 fully saturated rings. The summed E-state index contributed by atoms with van der Waals surface area (Å²) in [6.07, 6.45) is 1.45. The first-order chi connectivity index (χ1) is 7.11. The van der Waals surface area contributed by atoms with E-state index in [0.29, 0.717) is 6.42 Å². The Morgan fingerprint density at radius 2 is 1.93 bits per heavy atom. The third-order valence-corrected chi connectivity index (χ3v) is 2.46. The molecule has 3 heteroatoms. The van der Waals surface area contributed by atoms with Crippen molar-refractivity contribution >= 4 is 5.97 Å². The normalized spacial score (nSPS) is 12.7. The standard InChI is InChI=1S/C12H17NO2/c1-13(2)11(12(14)15)9-8-10-6-4-3-5-7-10/h3-7,11H,8-9H2,1-2H3,(H,14,15)/t11-/m0/s1. The second kappa shape index (κ2) is 5.51. The number of aryl methyl sites for hydroxylation is 1. The SMILES string of the molecule is CN(C)[C@@H](CCc1ccccc1)C(=O)O. The first-order valence-corrected chi connectivity index (χ1v) is 5.04. The van der Waals surface area contributed by atoms with Gasteiger partial charge in [0.25, 0.3) is 0 Å². The molecule has 0 amide bonds. The summed E-state index contributed by atoms with van der Waals surface area (Å²) in [5.74, 6) is -0.754. The Morgan fingerprint density at radius 1 is 1.33 bits per heavy atom. The van der Waals surface area contributed by atoms with Gasteiger partial charge in [0.2, 0.25) is 0 Å². The minimum atomic E-state index is -0.754. The van der Waals surface area contributed by atoms with Gasteiger partial charge in [-0.15, -0.1) is 0 Å². The molecule has 0 aliphatic rings. The number of benzene rings is 1. The van der Waals surface area contributed by atoms with Gasteiger partial charge in [-0.1, -0.05) is 30.3 Å². The summed E-state index contributed by atoms with van der Waals surface area (Å²) in [6, 6.07) is 9.56. The molecule has 0 saturated carbocycles. The van der Waals surface area contributed by atoms with Crippen LogP contribution in [0.15, 0.2) is 30.3 Å². The number of hydrogen-bond acceptors (Lipinski definition) is 2. The summed E-state index contributed by atoms with van der Waals surface area (Å²) in [5.41, 5.74) is 1.19. The van der Waals surface area contributed by atoms with Gasteiger partial charge in [-0.05, 0) is 32.5 Å². The lowest BCUT2D eigenvalue weighted by molar-refractivity contribution is -0.142. The predicted molar refractivity (Wildman–Crippen MR) is 59.9 cm³/mol. The van der Waals surface area contributed by atoms with E-state index in [4.69, 9.17) is 5.11 Å². The van der Waals surface area contributed by atoms with Crippen molar-refractivity contribution in [3.63, 3.8) is 0 Å². The summed E-state index contributed by atoms with van der Waals surface area (Å²) in [6.45, 7) is 0. The lowest BCUT2D eigenvalue weighted by Crippen LogP contribution is -2.35. The highest BCUT2D eigenvalue weighted by Gasteiger charge is 2.18. The fraction of sp³-hybridized carbons (Fsp3) is 0.417. The van der Waals surface area contributed by atoms with Crippen molar-refractivity contribution in [2.45, 2.75) is 18.9 Å². The molecule has 1 N–H and O–H groups in total. The second-order valence-electron chi connectivity index (χ2n) is 3.84. The zero-order valence-corrected chi connectivity index (χ0v) is 9.18. The highest BCUT2D eigenvalue weighted by molar-refractivity contribution is 5.73. The molecule has 0 radical (unpaired) electrons. The Kier molecular flexibility index (Phi) is 4.31. The van der Waals surface area contributed by atoms with Gasteiger partial charge in [-0.2, -0.15) is 0 Å². The Balaban J connectivity index is 2.51. The van der Waals surface area contributed by atoms with Gasteiger partial charge < -0.3 is 5.11 Å². The van der Waals surface area contributed by atoms with Crippen LogP contribution < -0.4 is 0 Å². The lowest BCUT2D eigenvalue weighted by atomic mass is 10.0. The maximum Gasteiger partial charge on any atom is 0.320 e. The van der Waals surface area contributed by atoms with Crippen molar-refractivity contribution < 1.29 is 9.90 Å². The fourth-order valence-electron chi connectivity index (χ4n) is 1.55. The van der Waals surface area contributed by atoms with Gasteiger partial charge in [-0.3, -0.25) is 9.69 Å². The maximum atomic E-state index is 10.9. The van der Waals surface area contributed by atoms with E-state index in [9.17, 15) is 4.79 Å². The molecule has 0 spiro atoms. The number of carboxylic acid groups (broad SMARTS) is 1. The van der Waals surface area contributed by atoms with E-state index in [1.54, 1.807) is 19.0 Å². The highest BCUT2D eigenvalue weighted by atomic mass is 16.4. The summed E-state index contributed by atoms with van der Waals surface area (Å²) in [5, 5.41) is 8.98. The molecule has 1 aromatic rings. The molecule has 1 aromatic carbocycles. The van der Waals surface area contributed by atoms with E-state index in [1.165, 1.54) is 5.56 Å². The third kappa shape index (κ3) is 3.72. The molecule has 0 aliphatic heterocycles. The van der Waals surface area contributed by atoms with E-state index < -0.39 is 12.0 Å². The molecule has 1 rings (SSSR count). The van der Waals surface area contributed by atoms with Crippen molar-refractivity contribution in [3.05, 3.63) is 35.9 Å². The van der Waals surface area contributed by atoms with Gasteiger partial charge in [-0.25, -0.2) is 0 Å². The minimum Gasteiger partial charge on any atom is -0.480 e.